The zero-order chi connectivity index (χ0) is 29.9. The average Bonchev–Trinajstić information content (AvgIpc) is 3.16. The smallest absolute Gasteiger partial charge is 0.352 e. The van der Waals surface area contributed by atoms with Crippen molar-refractivity contribution in [3.05, 3.63) is 64.2 Å². The topological polar surface area (TPSA) is 83.3 Å². The van der Waals surface area contributed by atoms with Gasteiger partial charge in [-0.25, -0.2) is 8.70 Å². The molecule has 3 fully saturated rings. The first-order valence-electron chi connectivity index (χ1n) is 14.8. The lowest BCUT2D eigenvalue weighted by molar-refractivity contribution is -0.137. The van der Waals surface area contributed by atoms with Crippen LogP contribution < -0.4 is 16.4 Å². The Bertz CT molecular complexity index is 1240. The minimum absolute atomic E-state index is 0.0763. The molecule has 42 heavy (non-hydrogen) atoms. The molecule has 2 aliphatic heterocycles. The SMILES string of the molecule is N[C@H](C(=O)N[C@H]1CCCC[C@@H]1CC[C@H]1CN[C@@H]2CCCSN1C2)[C@H](c1cncc(C(F)(F)F)c1)c1ccc(Cl)c(F)c1. The molecule has 5 rings (SSSR count). The number of hydrogen-bond acceptors (Lipinski definition) is 6. The van der Waals surface area contributed by atoms with E-state index in [4.69, 9.17) is 17.3 Å². The van der Waals surface area contributed by atoms with Crippen LogP contribution in [0.3, 0.4) is 0 Å². The molecule has 3 aliphatic rings. The number of aromatic nitrogens is 1. The average molecular weight is 628 g/mol. The monoisotopic (exact) mass is 627 g/mol. The van der Waals surface area contributed by atoms with Gasteiger partial charge in [0.15, 0.2) is 0 Å². The highest BCUT2D eigenvalue weighted by molar-refractivity contribution is 7.97. The Kier molecular flexibility index (Phi) is 10.4. The molecule has 3 heterocycles. The first kappa shape index (κ1) is 31.5. The number of fused-ring (bicyclic) bond motifs is 2. The van der Waals surface area contributed by atoms with Crippen LogP contribution >= 0.6 is 23.5 Å². The van der Waals surface area contributed by atoms with E-state index in [0.29, 0.717) is 18.3 Å². The van der Waals surface area contributed by atoms with Crippen LogP contribution in [0.2, 0.25) is 5.02 Å². The zero-order valence-corrected chi connectivity index (χ0v) is 25.0. The van der Waals surface area contributed by atoms with E-state index >= 15 is 0 Å². The van der Waals surface area contributed by atoms with Gasteiger partial charge in [0, 0.05) is 55.3 Å². The highest BCUT2D eigenvalue weighted by Gasteiger charge is 2.37. The van der Waals surface area contributed by atoms with Crippen molar-refractivity contribution in [1.82, 2.24) is 19.9 Å². The van der Waals surface area contributed by atoms with Gasteiger partial charge in [0.25, 0.3) is 0 Å². The van der Waals surface area contributed by atoms with Crippen molar-refractivity contribution in [3.8, 4) is 0 Å². The molecule has 1 aromatic carbocycles. The van der Waals surface area contributed by atoms with E-state index in [0.717, 1.165) is 69.5 Å². The summed E-state index contributed by atoms with van der Waals surface area (Å²) in [5.41, 5.74) is 5.86. The molecule has 1 saturated carbocycles. The number of carbonyl (C=O) groups is 1. The second kappa shape index (κ2) is 13.8. The first-order valence-corrected chi connectivity index (χ1v) is 16.1. The quantitative estimate of drug-likeness (QED) is 0.250. The van der Waals surface area contributed by atoms with Crippen LogP contribution in [0.5, 0.6) is 0 Å². The van der Waals surface area contributed by atoms with Gasteiger partial charge in [0.05, 0.1) is 16.6 Å². The molecule has 0 spiro atoms. The van der Waals surface area contributed by atoms with Gasteiger partial charge in [0.2, 0.25) is 5.91 Å². The number of alkyl halides is 3. The van der Waals surface area contributed by atoms with E-state index in [-0.39, 0.29) is 28.1 Å². The van der Waals surface area contributed by atoms with Gasteiger partial charge in [-0.05, 0) is 73.8 Å². The molecule has 1 aliphatic carbocycles. The molecule has 6 nitrogen and oxygen atoms in total. The van der Waals surface area contributed by atoms with E-state index in [1.165, 1.54) is 31.2 Å². The molecule has 230 valence electrons. The summed E-state index contributed by atoms with van der Waals surface area (Å²) in [5, 5.41) is 6.70. The molecule has 1 unspecified atom stereocenters. The molecule has 0 radical (unpaired) electrons. The Morgan fingerprint density at radius 1 is 1.14 bits per heavy atom. The predicted molar refractivity (Wildman–Crippen MR) is 158 cm³/mol. The van der Waals surface area contributed by atoms with Crippen molar-refractivity contribution < 1.29 is 22.4 Å². The number of halogens is 5. The summed E-state index contributed by atoms with van der Waals surface area (Å²) in [4.78, 5) is 17.4. The minimum Gasteiger partial charge on any atom is -0.352 e. The van der Waals surface area contributed by atoms with Gasteiger partial charge >= 0.3 is 6.18 Å². The van der Waals surface area contributed by atoms with E-state index in [2.05, 4.69) is 19.9 Å². The molecule has 1 amide bonds. The standard InChI is InChI=1S/C30H38ClF4N5OS/c31-24-10-8-19(13-25(24)32)27(20-12-21(15-37-14-20)30(33,34)35)28(36)29(41)39-26-6-2-1-4-18(26)7-9-23-16-38-22-5-3-11-42-40(23)17-22/h8,10,12-15,18,22-23,26-28,38H,1-7,9,11,16-17,36H2,(H,39,41)/t18-,22-,23+,26+,27+,28+/m1/s1. The number of nitrogens with zero attached hydrogens (tertiary/aromatic N) is 2. The molecular weight excluding hydrogens is 590 g/mol. The number of rotatable bonds is 8. The maximum Gasteiger partial charge on any atom is 0.417 e. The van der Waals surface area contributed by atoms with Gasteiger partial charge < -0.3 is 16.4 Å². The summed E-state index contributed by atoms with van der Waals surface area (Å²) in [6, 6.07) is 4.49. The van der Waals surface area contributed by atoms with E-state index in [9.17, 15) is 22.4 Å². The van der Waals surface area contributed by atoms with Crippen molar-refractivity contribution in [2.24, 2.45) is 11.7 Å². The highest BCUT2D eigenvalue weighted by atomic mass is 35.5. The van der Waals surface area contributed by atoms with E-state index in [1.54, 1.807) is 0 Å². The Morgan fingerprint density at radius 3 is 2.74 bits per heavy atom. The van der Waals surface area contributed by atoms with Crippen LogP contribution in [0, 0.1) is 11.7 Å². The third kappa shape index (κ3) is 7.59. The van der Waals surface area contributed by atoms with Gasteiger partial charge in [-0.3, -0.25) is 9.78 Å². The number of piperazine rings is 1. The fourth-order valence-corrected chi connectivity index (χ4v) is 7.94. The maximum absolute atomic E-state index is 14.5. The largest absolute Gasteiger partial charge is 0.417 e. The van der Waals surface area contributed by atoms with E-state index < -0.39 is 35.4 Å². The van der Waals surface area contributed by atoms with Crippen molar-refractivity contribution >= 4 is 29.5 Å². The lowest BCUT2D eigenvalue weighted by atomic mass is 9.80. The van der Waals surface area contributed by atoms with Gasteiger partial charge in [-0.2, -0.15) is 13.2 Å². The predicted octanol–water partition coefficient (Wildman–Crippen LogP) is 5.89. The van der Waals surface area contributed by atoms with Crippen LogP contribution in [0.25, 0.3) is 0 Å². The van der Waals surface area contributed by atoms with Crippen LogP contribution in [-0.4, -0.2) is 58.2 Å². The lowest BCUT2D eigenvalue weighted by Crippen LogP contribution is -2.53. The number of benzene rings is 1. The molecule has 2 saturated heterocycles. The number of carbonyl (C=O) groups excluding carboxylic acids is 1. The molecule has 7 atom stereocenters. The minimum atomic E-state index is -4.64. The Labute approximate surface area is 253 Å². The molecule has 2 bridgehead atoms. The molecular formula is C30H38ClF4N5OS. The van der Waals surface area contributed by atoms with Crippen molar-refractivity contribution in [2.75, 3.05) is 18.8 Å². The third-order valence-electron chi connectivity index (χ3n) is 8.92. The third-order valence-corrected chi connectivity index (χ3v) is 10.5. The summed E-state index contributed by atoms with van der Waals surface area (Å²) in [6.45, 7) is 2.03. The van der Waals surface area contributed by atoms with Gasteiger partial charge in [-0.15, -0.1) is 0 Å². The van der Waals surface area contributed by atoms with Crippen molar-refractivity contribution in [2.45, 2.75) is 87.6 Å². The summed E-state index contributed by atoms with van der Waals surface area (Å²) in [6.07, 6.45) is 5.65. The second-order valence-corrected chi connectivity index (χ2v) is 13.3. The Morgan fingerprint density at radius 2 is 1.95 bits per heavy atom. The number of pyridine rings is 1. The molecule has 1 aromatic heterocycles. The highest BCUT2D eigenvalue weighted by Crippen LogP contribution is 2.36. The van der Waals surface area contributed by atoms with Gasteiger partial charge in [0.1, 0.15) is 5.82 Å². The lowest BCUT2D eigenvalue weighted by Gasteiger charge is -2.39. The molecule has 12 heteroatoms. The van der Waals surface area contributed by atoms with Crippen LogP contribution in [0.4, 0.5) is 17.6 Å². The summed E-state index contributed by atoms with van der Waals surface area (Å²) in [7, 11) is 0. The summed E-state index contributed by atoms with van der Waals surface area (Å²) < 4.78 is 57.6. The fraction of sp³-hybridized carbons (Fsp3) is 0.600. The number of hydrogen-bond donors (Lipinski definition) is 3. The van der Waals surface area contributed by atoms with Gasteiger partial charge in [-0.1, -0.05) is 42.5 Å². The molecule has 4 N–H and O–H groups in total. The second-order valence-electron chi connectivity index (χ2n) is 11.8. The Hall–Kier alpha value is -1.92. The van der Waals surface area contributed by atoms with Crippen LogP contribution in [0.15, 0.2) is 36.7 Å². The maximum atomic E-state index is 14.5. The first-order chi connectivity index (χ1) is 20.1. The van der Waals surface area contributed by atoms with Crippen LogP contribution in [0.1, 0.15) is 74.0 Å². The number of nitrogens with two attached hydrogens (primary N) is 1. The van der Waals surface area contributed by atoms with Crippen LogP contribution in [-0.2, 0) is 11.0 Å². The Balaban J connectivity index is 1.31. The normalized spacial score (nSPS) is 28.0. The summed E-state index contributed by atoms with van der Waals surface area (Å²) >= 11 is 7.82. The zero-order valence-electron chi connectivity index (χ0n) is 23.4. The van der Waals surface area contributed by atoms with Crippen molar-refractivity contribution in [1.29, 1.82) is 0 Å². The van der Waals surface area contributed by atoms with Crippen molar-refractivity contribution in [3.63, 3.8) is 0 Å². The van der Waals surface area contributed by atoms with E-state index in [1.807, 2.05) is 11.9 Å². The number of amides is 1. The molecule has 2 aromatic rings. The summed E-state index contributed by atoms with van der Waals surface area (Å²) in [5.74, 6) is -0.851. The fourth-order valence-electron chi connectivity index (χ4n) is 6.62. The number of nitrogens with one attached hydrogen (secondary N) is 2.